The normalized spacial score (nSPS) is 12.3. The largest absolute Gasteiger partial charge is 0.493 e. The molecule has 90 valence electrons. The average molecular weight is 263 g/mol. The van der Waals surface area contributed by atoms with Gasteiger partial charge in [-0.2, -0.15) is 0 Å². The van der Waals surface area contributed by atoms with Gasteiger partial charge in [0.1, 0.15) is 0 Å². The van der Waals surface area contributed by atoms with Crippen molar-refractivity contribution in [2.45, 2.75) is 32.3 Å². The number of hydrogen-bond donors (Lipinski definition) is 0. The molecular formula is C12H16Cl2O2. The molecular weight excluding hydrogens is 247 g/mol. The molecule has 0 aliphatic rings. The van der Waals surface area contributed by atoms with Crippen molar-refractivity contribution < 1.29 is 9.47 Å². The van der Waals surface area contributed by atoms with Crippen molar-refractivity contribution >= 4 is 23.2 Å². The van der Waals surface area contributed by atoms with E-state index < -0.39 is 0 Å². The molecule has 1 aromatic rings. The molecule has 1 aromatic carbocycles. The number of rotatable bonds is 5. The van der Waals surface area contributed by atoms with Crippen LogP contribution in [0.15, 0.2) is 12.1 Å². The molecule has 0 saturated carbocycles. The second-order valence-electron chi connectivity index (χ2n) is 3.57. The highest BCUT2D eigenvalue weighted by molar-refractivity contribution is 6.31. The minimum absolute atomic E-state index is 0.122. The number of hydrogen-bond acceptors (Lipinski definition) is 2. The predicted molar refractivity (Wildman–Crippen MR) is 67.9 cm³/mol. The van der Waals surface area contributed by atoms with E-state index in [1.54, 1.807) is 19.2 Å². The van der Waals surface area contributed by atoms with Crippen molar-refractivity contribution in [1.82, 2.24) is 0 Å². The highest BCUT2D eigenvalue weighted by Crippen LogP contribution is 2.36. The van der Waals surface area contributed by atoms with E-state index in [1.165, 1.54) is 0 Å². The van der Waals surface area contributed by atoms with Gasteiger partial charge in [0.15, 0.2) is 11.5 Å². The van der Waals surface area contributed by atoms with Crippen molar-refractivity contribution in [3.8, 4) is 11.5 Å². The van der Waals surface area contributed by atoms with Gasteiger partial charge in [-0.1, -0.05) is 18.5 Å². The third kappa shape index (κ3) is 3.19. The Bertz CT molecular complexity index is 328. The van der Waals surface area contributed by atoms with Gasteiger partial charge >= 0.3 is 0 Å². The predicted octanol–water partition coefficient (Wildman–Crippen LogP) is 4.26. The van der Waals surface area contributed by atoms with Crippen LogP contribution in [0.2, 0.25) is 5.02 Å². The van der Waals surface area contributed by atoms with E-state index in [-0.39, 0.29) is 6.10 Å². The summed E-state index contributed by atoms with van der Waals surface area (Å²) in [6.45, 7) is 4.07. The maximum absolute atomic E-state index is 5.96. The van der Waals surface area contributed by atoms with E-state index in [2.05, 4.69) is 6.92 Å². The lowest BCUT2D eigenvalue weighted by atomic mass is 10.2. The maximum Gasteiger partial charge on any atom is 0.166 e. The lowest BCUT2D eigenvalue weighted by Gasteiger charge is -2.18. The Morgan fingerprint density at radius 1 is 1.38 bits per heavy atom. The highest BCUT2D eigenvalue weighted by Gasteiger charge is 2.14. The number of methoxy groups -OCH3 is 1. The Morgan fingerprint density at radius 3 is 2.56 bits per heavy atom. The smallest absolute Gasteiger partial charge is 0.166 e. The maximum atomic E-state index is 5.96. The summed E-state index contributed by atoms with van der Waals surface area (Å²) >= 11 is 11.8. The fraction of sp³-hybridized carbons (Fsp3) is 0.500. The third-order valence-corrected chi connectivity index (χ3v) is 2.86. The Labute approximate surface area is 106 Å². The quantitative estimate of drug-likeness (QED) is 0.739. The summed E-state index contributed by atoms with van der Waals surface area (Å²) in [7, 11) is 1.59. The van der Waals surface area contributed by atoms with Crippen molar-refractivity contribution in [3.63, 3.8) is 0 Å². The van der Waals surface area contributed by atoms with Crippen LogP contribution in [-0.2, 0) is 5.88 Å². The molecule has 0 bridgehead atoms. The first-order valence-electron chi connectivity index (χ1n) is 5.21. The Kier molecular flexibility index (Phi) is 5.23. The lowest BCUT2D eigenvalue weighted by Crippen LogP contribution is -2.11. The number of ether oxygens (including phenoxy) is 2. The molecule has 0 N–H and O–H groups in total. The first-order chi connectivity index (χ1) is 7.62. The number of alkyl halides is 1. The molecule has 16 heavy (non-hydrogen) atoms. The molecule has 2 nitrogen and oxygen atoms in total. The van der Waals surface area contributed by atoms with E-state index in [9.17, 15) is 0 Å². The van der Waals surface area contributed by atoms with Gasteiger partial charge in [0.25, 0.3) is 0 Å². The molecule has 0 spiro atoms. The zero-order valence-corrected chi connectivity index (χ0v) is 11.2. The summed E-state index contributed by atoms with van der Waals surface area (Å²) in [6.07, 6.45) is 1.05. The molecule has 0 fully saturated rings. The van der Waals surface area contributed by atoms with Gasteiger partial charge in [0, 0.05) is 16.7 Å². The van der Waals surface area contributed by atoms with Gasteiger partial charge in [0.05, 0.1) is 19.1 Å². The third-order valence-electron chi connectivity index (χ3n) is 2.35. The highest BCUT2D eigenvalue weighted by atomic mass is 35.5. The van der Waals surface area contributed by atoms with Crippen molar-refractivity contribution in [2.24, 2.45) is 0 Å². The number of halogens is 2. The molecule has 0 aliphatic heterocycles. The van der Waals surface area contributed by atoms with Crippen LogP contribution in [0.1, 0.15) is 25.8 Å². The van der Waals surface area contributed by atoms with Gasteiger partial charge in [-0.05, 0) is 19.4 Å². The molecule has 1 atom stereocenters. The standard InChI is InChI=1S/C12H16Cl2O2/c1-4-8(2)16-12-9(7-13)5-10(14)6-11(12)15-3/h5-6,8H,4,7H2,1-3H3. The minimum Gasteiger partial charge on any atom is -0.493 e. The fourth-order valence-corrected chi connectivity index (χ4v) is 1.72. The Balaban J connectivity index is 3.11. The molecule has 0 radical (unpaired) electrons. The summed E-state index contributed by atoms with van der Waals surface area (Å²) in [5.74, 6) is 1.67. The van der Waals surface area contributed by atoms with E-state index in [1.807, 2.05) is 6.92 Å². The van der Waals surface area contributed by atoms with Crippen molar-refractivity contribution in [2.75, 3.05) is 7.11 Å². The first kappa shape index (κ1) is 13.5. The summed E-state index contributed by atoms with van der Waals surface area (Å²) < 4.78 is 11.0. The minimum atomic E-state index is 0.122. The van der Waals surface area contributed by atoms with E-state index in [4.69, 9.17) is 32.7 Å². The molecule has 0 saturated heterocycles. The van der Waals surface area contributed by atoms with E-state index in [0.29, 0.717) is 22.4 Å². The van der Waals surface area contributed by atoms with Gasteiger partial charge < -0.3 is 9.47 Å². The zero-order valence-electron chi connectivity index (χ0n) is 9.72. The molecule has 1 unspecified atom stereocenters. The first-order valence-corrected chi connectivity index (χ1v) is 6.12. The van der Waals surface area contributed by atoms with Crippen LogP contribution in [0.5, 0.6) is 11.5 Å². The van der Waals surface area contributed by atoms with Crippen molar-refractivity contribution in [3.05, 3.63) is 22.7 Å². The molecule has 0 amide bonds. The van der Waals surface area contributed by atoms with E-state index in [0.717, 1.165) is 12.0 Å². The van der Waals surface area contributed by atoms with Crippen LogP contribution in [0.3, 0.4) is 0 Å². The van der Waals surface area contributed by atoms with Crippen molar-refractivity contribution in [1.29, 1.82) is 0 Å². The summed E-state index contributed by atoms with van der Waals surface area (Å²) in [5, 5.41) is 0.601. The lowest BCUT2D eigenvalue weighted by molar-refractivity contribution is 0.206. The monoisotopic (exact) mass is 262 g/mol. The second kappa shape index (κ2) is 6.21. The second-order valence-corrected chi connectivity index (χ2v) is 4.27. The summed E-state index contributed by atoms with van der Waals surface area (Å²) in [6, 6.07) is 3.53. The Hall–Kier alpha value is -0.600. The topological polar surface area (TPSA) is 18.5 Å². The molecule has 0 aromatic heterocycles. The van der Waals surface area contributed by atoms with Gasteiger partial charge in [0.2, 0.25) is 0 Å². The van der Waals surface area contributed by atoms with Gasteiger partial charge in [-0.3, -0.25) is 0 Å². The molecule has 0 aliphatic carbocycles. The molecule has 4 heteroatoms. The van der Waals surface area contributed by atoms with E-state index >= 15 is 0 Å². The van der Waals surface area contributed by atoms with Crippen LogP contribution in [0.4, 0.5) is 0 Å². The van der Waals surface area contributed by atoms with Crippen LogP contribution in [0.25, 0.3) is 0 Å². The fourth-order valence-electron chi connectivity index (χ4n) is 1.29. The molecule has 1 rings (SSSR count). The average Bonchev–Trinajstić information content (AvgIpc) is 2.30. The SMILES string of the molecule is CCC(C)Oc1c(CCl)cc(Cl)cc1OC. The van der Waals surface area contributed by atoms with Crippen LogP contribution >= 0.6 is 23.2 Å². The summed E-state index contributed by atoms with van der Waals surface area (Å²) in [5.41, 5.74) is 0.853. The van der Waals surface area contributed by atoms with Crippen LogP contribution in [0, 0.1) is 0 Å². The Morgan fingerprint density at radius 2 is 2.06 bits per heavy atom. The van der Waals surface area contributed by atoms with Crippen LogP contribution in [-0.4, -0.2) is 13.2 Å². The number of benzene rings is 1. The van der Waals surface area contributed by atoms with Gasteiger partial charge in [-0.15, -0.1) is 11.6 Å². The zero-order chi connectivity index (χ0) is 12.1. The van der Waals surface area contributed by atoms with Crippen LogP contribution < -0.4 is 9.47 Å². The van der Waals surface area contributed by atoms with Gasteiger partial charge in [-0.25, -0.2) is 0 Å². The summed E-state index contributed by atoms with van der Waals surface area (Å²) in [4.78, 5) is 0. The molecule has 0 heterocycles.